The third-order valence-electron chi connectivity index (χ3n) is 2.05. The van der Waals surface area contributed by atoms with Gasteiger partial charge in [-0.2, -0.15) is 0 Å². The summed E-state index contributed by atoms with van der Waals surface area (Å²) >= 11 is 0. The molecule has 0 radical (unpaired) electrons. The molecule has 0 aliphatic heterocycles. The van der Waals surface area contributed by atoms with Crippen LogP contribution in [0.25, 0.3) is 11.1 Å². The fraction of sp³-hybridized carbons (Fsp3) is 0.182. The van der Waals surface area contributed by atoms with Gasteiger partial charge in [-0.15, -0.1) is 0 Å². The Balaban J connectivity index is 0.000000312. The second kappa shape index (κ2) is 6.82. The van der Waals surface area contributed by atoms with Crippen LogP contribution < -0.4 is 4.80 Å². The van der Waals surface area contributed by atoms with Gasteiger partial charge in [0.1, 0.15) is 12.4 Å². The first kappa shape index (κ1) is 15.1. The summed E-state index contributed by atoms with van der Waals surface area (Å²) in [6.45, 7) is 2.82. The average Bonchev–Trinajstić information content (AvgIpc) is 2.38. The Kier molecular flexibility index (Phi) is 5.41. The van der Waals surface area contributed by atoms with E-state index in [1.165, 1.54) is 0 Å². The fourth-order valence-electron chi connectivity index (χ4n) is 1.26. The molecule has 2 aromatic rings. The summed E-state index contributed by atoms with van der Waals surface area (Å²) in [5.41, 5.74) is 2.20. The van der Waals surface area contributed by atoms with Crippen LogP contribution in [0.4, 0.5) is 17.3 Å². The van der Waals surface area contributed by atoms with Crippen molar-refractivity contribution in [2.24, 2.45) is 0 Å². The molecule has 19 heavy (non-hydrogen) atoms. The predicted molar refractivity (Wildman–Crippen MR) is 63.5 cm³/mol. The van der Waals surface area contributed by atoms with E-state index in [2.05, 4.69) is 22.3 Å². The van der Waals surface area contributed by atoms with E-state index < -0.39 is 7.25 Å². The van der Waals surface area contributed by atoms with Crippen LogP contribution in [-0.2, 0) is 6.54 Å². The van der Waals surface area contributed by atoms with Crippen LogP contribution in [0.1, 0.15) is 6.92 Å². The van der Waals surface area contributed by atoms with Gasteiger partial charge >= 0.3 is 7.25 Å². The van der Waals surface area contributed by atoms with Gasteiger partial charge in [0.2, 0.25) is 0 Å². The third kappa shape index (κ3) is 6.49. The lowest BCUT2D eigenvalue weighted by molar-refractivity contribution is -0.804. The van der Waals surface area contributed by atoms with E-state index >= 15 is 0 Å². The van der Waals surface area contributed by atoms with Crippen LogP contribution in [0.2, 0.25) is 0 Å². The average molecular weight is 273 g/mol. The van der Waals surface area contributed by atoms with Crippen LogP contribution in [-0.4, -0.2) is 17.5 Å². The Morgan fingerprint density at radius 2 is 1.42 bits per heavy atom. The van der Waals surface area contributed by atoms with Gasteiger partial charge in [0.15, 0.2) is 6.54 Å². The van der Waals surface area contributed by atoms with Gasteiger partial charge in [0, 0.05) is 27.5 Å². The highest BCUT2D eigenvalue weighted by Crippen LogP contribution is 2.14. The minimum atomic E-state index is -6.00. The minimum Gasteiger partial charge on any atom is -0.418 e. The van der Waals surface area contributed by atoms with Gasteiger partial charge in [-0.3, -0.25) is 0 Å². The third-order valence-corrected chi connectivity index (χ3v) is 2.05. The van der Waals surface area contributed by atoms with Crippen LogP contribution in [0.3, 0.4) is 0 Å². The van der Waals surface area contributed by atoms with Crippen molar-refractivity contribution >= 4 is 7.25 Å². The van der Waals surface area contributed by atoms with Gasteiger partial charge in [-0.25, -0.2) is 0 Å². The molecule has 8 heteroatoms. The lowest BCUT2D eigenvalue weighted by Crippen LogP contribution is -2.40. The van der Waals surface area contributed by atoms with Gasteiger partial charge in [0.25, 0.3) is 0 Å². The first-order chi connectivity index (χ1) is 8.90. The van der Waals surface area contributed by atoms with E-state index in [9.17, 15) is 17.3 Å². The lowest BCUT2D eigenvalue weighted by atomic mass is 10.1. The molecule has 1 heterocycles. The van der Waals surface area contributed by atoms with E-state index in [1.54, 1.807) is 4.80 Å². The van der Waals surface area contributed by atoms with Crippen molar-refractivity contribution in [3.63, 3.8) is 0 Å². The summed E-state index contributed by atoms with van der Waals surface area (Å²) in [5.74, 6) is 0. The summed E-state index contributed by atoms with van der Waals surface area (Å²) in [7, 11) is -6.00. The molecule has 0 aliphatic rings. The minimum absolute atomic E-state index is 0.801. The molecular weight excluding hydrogens is 261 g/mol. The largest absolute Gasteiger partial charge is 0.673 e. The van der Waals surface area contributed by atoms with Crippen molar-refractivity contribution in [1.29, 1.82) is 0 Å². The molecule has 0 aliphatic carbocycles. The molecule has 102 valence electrons. The van der Waals surface area contributed by atoms with Crippen LogP contribution in [0, 0.1) is 0 Å². The number of rotatable bonds is 2. The molecule has 0 amide bonds. The van der Waals surface area contributed by atoms with E-state index in [0.717, 1.165) is 17.7 Å². The maximum absolute atomic E-state index is 9.75. The summed E-state index contributed by atoms with van der Waals surface area (Å²) in [5, 5.41) is 8.36. The number of hydrogen-bond acceptors (Lipinski definition) is 2. The fourth-order valence-corrected chi connectivity index (χ4v) is 1.26. The quantitative estimate of drug-likeness (QED) is 0.478. The highest BCUT2D eigenvalue weighted by Gasteiger charge is 2.20. The monoisotopic (exact) mass is 273 g/mol. The summed E-state index contributed by atoms with van der Waals surface area (Å²) < 4.78 is 39.0. The maximum Gasteiger partial charge on any atom is 0.673 e. The number of benzene rings is 1. The first-order valence-electron chi connectivity index (χ1n) is 5.55. The van der Waals surface area contributed by atoms with Crippen molar-refractivity contribution in [1.82, 2.24) is 10.2 Å². The summed E-state index contributed by atoms with van der Waals surface area (Å²) in [4.78, 5) is 1.66. The van der Waals surface area contributed by atoms with Crippen LogP contribution >= 0.6 is 0 Å². The molecule has 1 aromatic heterocycles. The van der Waals surface area contributed by atoms with E-state index in [4.69, 9.17) is 0 Å². The second-order valence-corrected chi connectivity index (χ2v) is 3.49. The normalized spacial score (nSPS) is 10.6. The maximum atomic E-state index is 9.75. The van der Waals surface area contributed by atoms with Crippen molar-refractivity contribution in [3.05, 3.63) is 42.7 Å². The molecule has 0 bridgehead atoms. The topological polar surface area (TPSA) is 29.7 Å². The van der Waals surface area contributed by atoms with Crippen molar-refractivity contribution in [2.75, 3.05) is 0 Å². The van der Waals surface area contributed by atoms with Crippen molar-refractivity contribution in [2.45, 2.75) is 13.5 Å². The smallest absolute Gasteiger partial charge is 0.418 e. The van der Waals surface area contributed by atoms with E-state index in [1.807, 2.05) is 37.5 Å². The molecule has 0 saturated heterocycles. The lowest BCUT2D eigenvalue weighted by Gasteiger charge is -1.96. The van der Waals surface area contributed by atoms with E-state index in [-0.39, 0.29) is 0 Å². The van der Waals surface area contributed by atoms with Gasteiger partial charge in [-0.05, 0) is 5.56 Å². The van der Waals surface area contributed by atoms with Gasteiger partial charge in [0.05, 0.1) is 0 Å². The number of aryl methyl sites for hydroxylation is 1. The highest BCUT2D eigenvalue weighted by molar-refractivity contribution is 6.50. The Hall–Kier alpha value is -1.99. The summed E-state index contributed by atoms with van der Waals surface area (Å²) in [6, 6.07) is 10.1. The zero-order chi connectivity index (χ0) is 14.3. The zero-order valence-electron chi connectivity index (χ0n) is 10.2. The zero-order valence-corrected chi connectivity index (χ0v) is 10.2. The van der Waals surface area contributed by atoms with Crippen molar-refractivity contribution in [3.8, 4) is 11.1 Å². The predicted octanol–water partition coefficient (Wildman–Crippen LogP) is 2.75. The molecule has 2 rings (SSSR count). The van der Waals surface area contributed by atoms with Crippen molar-refractivity contribution < 1.29 is 22.1 Å². The van der Waals surface area contributed by atoms with Crippen LogP contribution in [0.5, 0.6) is 0 Å². The SMILES string of the molecule is CC[n+]1ncc(-c2ccccc2)cn1.F[B-](F)(F)F. The standard InChI is InChI=1S/C11H12N3.BF4/c1-2-14-12-8-11(9-13-14)10-6-4-3-5-7-10;2-1(3,4)5/h3-9H,2H2,1H3;/q+1;-1. The number of nitrogens with zero attached hydrogens (tertiary/aromatic N) is 3. The molecule has 0 N–H and O–H groups in total. The number of halogens is 4. The van der Waals surface area contributed by atoms with Crippen LogP contribution in [0.15, 0.2) is 42.7 Å². The Bertz CT molecular complexity index is 482. The van der Waals surface area contributed by atoms with E-state index in [0.29, 0.717) is 0 Å². The van der Waals surface area contributed by atoms with Gasteiger partial charge in [-0.1, -0.05) is 30.3 Å². The molecule has 0 saturated carbocycles. The molecular formula is C11H12BF4N3. The molecule has 0 atom stereocenters. The molecule has 0 unspecified atom stereocenters. The van der Waals surface area contributed by atoms with Gasteiger partial charge < -0.3 is 17.3 Å². The second-order valence-electron chi connectivity index (χ2n) is 3.49. The Morgan fingerprint density at radius 3 is 1.84 bits per heavy atom. The Morgan fingerprint density at radius 1 is 0.947 bits per heavy atom. The number of aromatic nitrogens is 3. The first-order valence-corrected chi connectivity index (χ1v) is 5.55. The highest BCUT2D eigenvalue weighted by atomic mass is 19.5. The molecule has 3 nitrogen and oxygen atoms in total. The summed E-state index contributed by atoms with van der Waals surface area (Å²) in [6.07, 6.45) is 3.68. The molecule has 0 spiro atoms. The Labute approximate surface area is 108 Å². The number of hydrogen-bond donors (Lipinski definition) is 0. The molecule has 0 fully saturated rings. The molecule has 1 aromatic carbocycles.